The minimum atomic E-state index is 0.321. The number of nitrogens with two attached hydrogens (primary N) is 1. The van der Waals surface area contributed by atoms with Crippen molar-refractivity contribution < 1.29 is 4.79 Å². The number of Topliss-reactive ketones (excluding diaryl/α,β-unsaturated/α-hetero) is 1. The molecule has 0 atom stereocenters. The summed E-state index contributed by atoms with van der Waals surface area (Å²) in [5.74, 6) is 0.321. The van der Waals surface area contributed by atoms with E-state index in [1.54, 1.807) is 0 Å². The molecule has 0 aromatic rings. The molecule has 0 aromatic heterocycles. The largest absolute Gasteiger partial charge is 0.330 e. The first-order valence-electron chi connectivity index (χ1n) is 5.68. The first-order chi connectivity index (χ1) is 6.76. The zero-order chi connectivity index (χ0) is 10.8. The van der Waals surface area contributed by atoms with E-state index in [1.807, 2.05) is 0 Å². The van der Waals surface area contributed by atoms with Crippen LogP contribution in [0.4, 0.5) is 0 Å². The maximum atomic E-state index is 11.7. The van der Waals surface area contributed by atoms with Crippen LogP contribution in [0.15, 0.2) is 11.6 Å². The van der Waals surface area contributed by atoms with E-state index in [-0.39, 0.29) is 0 Å². The fourth-order valence-electron chi connectivity index (χ4n) is 1.46. The Balaban J connectivity index is 3.96. The third-order valence-electron chi connectivity index (χ3n) is 2.19. The van der Waals surface area contributed by atoms with Crippen LogP contribution >= 0.6 is 0 Å². The average molecular weight is 197 g/mol. The lowest BCUT2D eigenvalue weighted by atomic mass is 10.0. The van der Waals surface area contributed by atoms with Crippen molar-refractivity contribution >= 4 is 5.78 Å². The van der Waals surface area contributed by atoms with Crippen molar-refractivity contribution in [2.24, 2.45) is 5.73 Å². The van der Waals surface area contributed by atoms with Crippen molar-refractivity contribution in [3.05, 3.63) is 11.6 Å². The Kier molecular flexibility index (Phi) is 8.54. The molecule has 2 nitrogen and oxygen atoms in total. The van der Waals surface area contributed by atoms with Crippen LogP contribution in [0, 0.1) is 0 Å². The Hall–Kier alpha value is -0.630. The summed E-state index contributed by atoms with van der Waals surface area (Å²) in [6, 6.07) is 0. The minimum absolute atomic E-state index is 0.321. The number of ketones is 1. The molecule has 82 valence electrons. The summed E-state index contributed by atoms with van der Waals surface area (Å²) < 4.78 is 0. The van der Waals surface area contributed by atoms with E-state index < -0.39 is 0 Å². The van der Waals surface area contributed by atoms with Gasteiger partial charge in [-0.3, -0.25) is 4.79 Å². The molecule has 0 heterocycles. The molecule has 0 radical (unpaired) electrons. The van der Waals surface area contributed by atoms with E-state index in [1.165, 1.54) is 0 Å². The molecule has 14 heavy (non-hydrogen) atoms. The molecule has 0 aliphatic carbocycles. The summed E-state index contributed by atoms with van der Waals surface area (Å²) in [5, 5.41) is 0. The fourth-order valence-corrected chi connectivity index (χ4v) is 1.46. The maximum Gasteiger partial charge on any atom is 0.158 e. The Labute approximate surface area is 87.6 Å². The lowest BCUT2D eigenvalue weighted by Crippen LogP contribution is -2.05. The number of carbonyl (C=O) groups is 1. The van der Waals surface area contributed by atoms with Crippen LogP contribution in [0.1, 0.15) is 52.4 Å². The van der Waals surface area contributed by atoms with Gasteiger partial charge in [-0.1, -0.05) is 26.3 Å². The molecule has 0 saturated carbocycles. The van der Waals surface area contributed by atoms with Crippen LogP contribution in [0.2, 0.25) is 0 Å². The van der Waals surface area contributed by atoms with Crippen LogP contribution in [0.3, 0.4) is 0 Å². The number of carbonyl (C=O) groups excluding carboxylic acids is 1. The van der Waals surface area contributed by atoms with Crippen molar-refractivity contribution in [2.75, 3.05) is 6.54 Å². The summed E-state index contributed by atoms with van der Waals surface area (Å²) >= 11 is 0. The second-order valence-electron chi connectivity index (χ2n) is 3.56. The molecular weight excluding hydrogens is 174 g/mol. The van der Waals surface area contributed by atoms with Gasteiger partial charge in [0.2, 0.25) is 0 Å². The summed E-state index contributed by atoms with van der Waals surface area (Å²) in [6.07, 6.45) is 7.55. The summed E-state index contributed by atoms with van der Waals surface area (Å²) in [7, 11) is 0. The monoisotopic (exact) mass is 197 g/mol. The second kappa shape index (κ2) is 8.95. The van der Waals surface area contributed by atoms with E-state index in [0.29, 0.717) is 18.7 Å². The minimum Gasteiger partial charge on any atom is -0.330 e. The van der Waals surface area contributed by atoms with Gasteiger partial charge >= 0.3 is 0 Å². The molecule has 0 rings (SSSR count). The van der Waals surface area contributed by atoms with Crippen molar-refractivity contribution in [3.63, 3.8) is 0 Å². The van der Waals surface area contributed by atoms with Gasteiger partial charge in [0, 0.05) is 6.42 Å². The van der Waals surface area contributed by atoms with E-state index >= 15 is 0 Å². The molecule has 0 aliphatic heterocycles. The van der Waals surface area contributed by atoms with Crippen LogP contribution in [-0.2, 0) is 4.79 Å². The maximum absolute atomic E-state index is 11.7. The van der Waals surface area contributed by atoms with Gasteiger partial charge in [-0.2, -0.15) is 0 Å². The SMILES string of the molecule is CCC=C(CCC)C(=O)CCCCN. The van der Waals surface area contributed by atoms with E-state index in [9.17, 15) is 4.79 Å². The number of rotatable bonds is 8. The van der Waals surface area contributed by atoms with Crippen LogP contribution in [0.5, 0.6) is 0 Å². The van der Waals surface area contributed by atoms with Crippen molar-refractivity contribution in [3.8, 4) is 0 Å². The van der Waals surface area contributed by atoms with Crippen molar-refractivity contribution in [1.82, 2.24) is 0 Å². The highest BCUT2D eigenvalue weighted by Gasteiger charge is 2.06. The summed E-state index contributed by atoms with van der Waals surface area (Å²) in [6.45, 7) is 4.87. The van der Waals surface area contributed by atoms with Gasteiger partial charge in [-0.25, -0.2) is 0 Å². The fraction of sp³-hybridized carbons (Fsp3) is 0.750. The summed E-state index contributed by atoms with van der Waals surface area (Å²) in [5.41, 5.74) is 6.40. The molecule has 2 heteroatoms. The Morgan fingerprint density at radius 2 is 1.93 bits per heavy atom. The molecule has 0 spiro atoms. The van der Waals surface area contributed by atoms with Crippen LogP contribution in [-0.4, -0.2) is 12.3 Å². The molecule has 0 fully saturated rings. The molecule has 0 saturated heterocycles. The smallest absolute Gasteiger partial charge is 0.158 e. The molecule has 0 aromatic carbocycles. The predicted molar refractivity (Wildman–Crippen MR) is 61.2 cm³/mol. The molecule has 0 bridgehead atoms. The Morgan fingerprint density at radius 1 is 1.21 bits per heavy atom. The highest BCUT2D eigenvalue weighted by molar-refractivity contribution is 5.95. The van der Waals surface area contributed by atoms with Gasteiger partial charge in [0.15, 0.2) is 5.78 Å². The lowest BCUT2D eigenvalue weighted by molar-refractivity contribution is -0.115. The summed E-state index contributed by atoms with van der Waals surface area (Å²) in [4.78, 5) is 11.7. The third kappa shape index (κ3) is 5.92. The lowest BCUT2D eigenvalue weighted by Gasteiger charge is -2.04. The topological polar surface area (TPSA) is 43.1 Å². The molecule has 0 aliphatic rings. The average Bonchev–Trinajstić information content (AvgIpc) is 2.18. The molecular formula is C12H23NO. The van der Waals surface area contributed by atoms with Crippen molar-refractivity contribution in [2.45, 2.75) is 52.4 Å². The van der Waals surface area contributed by atoms with Gasteiger partial charge < -0.3 is 5.73 Å². The van der Waals surface area contributed by atoms with Gasteiger partial charge in [0.25, 0.3) is 0 Å². The number of hydrogen-bond acceptors (Lipinski definition) is 2. The first kappa shape index (κ1) is 13.4. The molecule has 2 N–H and O–H groups in total. The van der Waals surface area contributed by atoms with Crippen LogP contribution in [0.25, 0.3) is 0 Å². The molecule has 0 amide bonds. The zero-order valence-electron chi connectivity index (χ0n) is 9.51. The Morgan fingerprint density at radius 3 is 2.43 bits per heavy atom. The van der Waals surface area contributed by atoms with Gasteiger partial charge in [-0.15, -0.1) is 0 Å². The quantitative estimate of drug-likeness (QED) is 0.480. The van der Waals surface area contributed by atoms with Crippen LogP contribution < -0.4 is 5.73 Å². The standard InChI is InChI=1S/C12H23NO/c1-3-7-11(8-4-2)12(14)9-5-6-10-13/h7H,3-6,8-10,13H2,1-2H3. The van der Waals surface area contributed by atoms with E-state index in [4.69, 9.17) is 5.73 Å². The third-order valence-corrected chi connectivity index (χ3v) is 2.19. The molecule has 0 unspecified atom stereocenters. The van der Waals surface area contributed by atoms with Gasteiger partial charge in [0.1, 0.15) is 0 Å². The first-order valence-corrected chi connectivity index (χ1v) is 5.68. The van der Waals surface area contributed by atoms with E-state index in [0.717, 1.165) is 37.7 Å². The zero-order valence-corrected chi connectivity index (χ0v) is 9.51. The van der Waals surface area contributed by atoms with Crippen molar-refractivity contribution in [1.29, 1.82) is 0 Å². The van der Waals surface area contributed by atoms with Gasteiger partial charge in [0.05, 0.1) is 0 Å². The second-order valence-corrected chi connectivity index (χ2v) is 3.56. The highest BCUT2D eigenvalue weighted by atomic mass is 16.1. The normalized spacial score (nSPS) is 11.8. The van der Waals surface area contributed by atoms with Gasteiger partial charge in [-0.05, 0) is 37.8 Å². The van der Waals surface area contributed by atoms with E-state index in [2.05, 4.69) is 19.9 Å². The highest BCUT2D eigenvalue weighted by Crippen LogP contribution is 2.11. The Bertz CT molecular complexity index is 185. The predicted octanol–water partition coefficient (Wildman–Crippen LogP) is 2.82. The number of unbranched alkanes of at least 4 members (excludes halogenated alkanes) is 1. The number of allylic oxidation sites excluding steroid dienone is 2. The number of hydrogen-bond donors (Lipinski definition) is 1.